The van der Waals surface area contributed by atoms with Gasteiger partial charge in [-0.25, -0.2) is 0 Å². The third-order valence-electron chi connectivity index (χ3n) is 3.14. The third kappa shape index (κ3) is 2.62. The Morgan fingerprint density at radius 3 is 2.62 bits per heavy atom. The van der Waals surface area contributed by atoms with Crippen LogP contribution in [0, 0.1) is 6.92 Å². The summed E-state index contributed by atoms with van der Waals surface area (Å²) in [5, 5.41) is 0.580. The molecule has 2 N–H and O–H groups in total. The largest absolute Gasteiger partial charge is 0.490 e. The summed E-state index contributed by atoms with van der Waals surface area (Å²) >= 11 is 6.00. The number of halogens is 1. The first kappa shape index (κ1) is 11.6. The molecule has 1 fully saturated rings. The van der Waals surface area contributed by atoms with E-state index < -0.39 is 0 Å². The Labute approximate surface area is 102 Å². The van der Waals surface area contributed by atoms with E-state index in [2.05, 4.69) is 0 Å². The van der Waals surface area contributed by atoms with Crippen LogP contribution in [0.15, 0.2) is 12.1 Å². The fraction of sp³-hybridized carbons (Fsp3) is 0.538. The van der Waals surface area contributed by atoms with E-state index >= 15 is 0 Å². The van der Waals surface area contributed by atoms with E-state index in [1.54, 1.807) is 0 Å². The van der Waals surface area contributed by atoms with E-state index in [1.807, 2.05) is 19.1 Å². The van der Waals surface area contributed by atoms with Gasteiger partial charge in [0.15, 0.2) is 0 Å². The molecule has 0 saturated heterocycles. The van der Waals surface area contributed by atoms with Gasteiger partial charge in [0.2, 0.25) is 0 Å². The van der Waals surface area contributed by atoms with Gasteiger partial charge in [-0.3, -0.25) is 0 Å². The molecule has 0 radical (unpaired) electrons. The number of rotatable bonds is 2. The van der Waals surface area contributed by atoms with Crippen molar-refractivity contribution in [1.82, 2.24) is 0 Å². The Balaban J connectivity index is 2.11. The van der Waals surface area contributed by atoms with Crippen LogP contribution in [0.1, 0.15) is 37.7 Å². The van der Waals surface area contributed by atoms with Crippen LogP contribution in [0.4, 0.5) is 5.69 Å². The fourth-order valence-corrected chi connectivity index (χ4v) is 2.33. The van der Waals surface area contributed by atoms with E-state index in [0.29, 0.717) is 16.8 Å². The van der Waals surface area contributed by atoms with Gasteiger partial charge in [-0.1, -0.05) is 18.0 Å². The molecular formula is C13H18ClNO. The van der Waals surface area contributed by atoms with Crippen molar-refractivity contribution < 1.29 is 4.74 Å². The summed E-state index contributed by atoms with van der Waals surface area (Å²) in [7, 11) is 0. The first-order chi connectivity index (χ1) is 7.66. The summed E-state index contributed by atoms with van der Waals surface area (Å²) in [4.78, 5) is 0. The van der Waals surface area contributed by atoms with Crippen LogP contribution < -0.4 is 10.5 Å². The molecule has 2 rings (SSSR count). The minimum absolute atomic E-state index is 0.354. The lowest BCUT2D eigenvalue weighted by molar-refractivity contribution is 0.154. The van der Waals surface area contributed by atoms with Gasteiger partial charge >= 0.3 is 0 Å². The molecule has 0 aliphatic heterocycles. The highest BCUT2D eigenvalue weighted by Crippen LogP contribution is 2.31. The molecule has 1 saturated carbocycles. The van der Waals surface area contributed by atoms with Gasteiger partial charge in [0.05, 0.1) is 16.8 Å². The van der Waals surface area contributed by atoms with Crippen LogP contribution in [0.3, 0.4) is 0 Å². The lowest BCUT2D eigenvalue weighted by Gasteiger charge is -2.24. The molecule has 0 aromatic heterocycles. The van der Waals surface area contributed by atoms with Crippen LogP contribution in [-0.2, 0) is 0 Å². The predicted molar refractivity (Wildman–Crippen MR) is 68.1 cm³/mol. The molecule has 0 spiro atoms. The van der Waals surface area contributed by atoms with Crippen molar-refractivity contribution in [3.63, 3.8) is 0 Å². The summed E-state index contributed by atoms with van der Waals surface area (Å²) in [6.45, 7) is 2.00. The van der Waals surface area contributed by atoms with Crippen molar-refractivity contribution in [2.24, 2.45) is 0 Å². The van der Waals surface area contributed by atoms with Crippen molar-refractivity contribution in [1.29, 1.82) is 0 Å². The highest BCUT2D eigenvalue weighted by atomic mass is 35.5. The summed E-state index contributed by atoms with van der Waals surface area (Å²) in [5.74, 6) is 0.881. The van der Waals surface area contributed by atoms with Gasteiger partial charge in [-0.05, 0) is 44.2 Å². The van der Waals surface area contributed by atoms with E-state index in [9.17, 15) is 0 Å². The standard InChI is InChI=1S/C13H18ClNO/c1-9-7-12(15)11(14)8-13(9)16-10-5-3-2-4-6-10/h7-8,10H,2-6,15H2,1H3. The van der Waals surface area contributed by atoms with E-state index in [4.69, 9.17) is 22.1 Å². The topological polar surface area (TPSA) is 35.2 Å². The molecule has 0 unspecified atom stereocenters. The lowest BCUT2D eigenvalue weighted by Crippen LogP contribution is -2.20. The highest BCUT2D eigenvalue weighted by molar-refractivity contribution is 6.33. The molecule has 0 amide bonds. The number of nitrogens with two attached hydrogens (primary N) is 1. The molecule has 0 bridgehead atoms. The SMILES string of the molecule is Cc1cc(N)c(Cl)cc1OC1CCCCC1. The Hall–Kier alpha value is -0.890. The smallest absolute Gasteiger partial charge is 0.124 e. The molecule has 0 heterocycles. The molecule has 2 nitrogen and oxygen atoms in total. The van der Waals surface area contributed by atoms with Gasteiger partial charge in [-0.15, -0.1) is 0 Å². The number of hydrogen-bond donors (Lipinski definition) is 1. The zero-order valence-electron chi connectivity index (χ0n) is 9.63. The average molecular weight is 240 g/mol. The summed E-state index contributed by atoms with van der Waals surface area (Å²) in [5.41, 5.74) is 7.42. The monoisotopic (exact) mass is 239 g/mol. The molecule has 1 aliphatic carbocycles. The maximum Gasteiger partial charge on any atom is 0.124 e. The van der Waals surface area contributed by atoms with Crippen LogP contribution in [0.25, 0.3) is 0 Å². The quantitative estimate of drug-likeness (QED) is 0.794. The van der Waals surface area contributed by atoms with Crippen molar-refractivity contribution in [3.8, 4) is 5.75 Å². The average Bonchev–Trinajstić information content (AvgIpc) is 2.27. The first-order valence-electron chi connectivity index (χ1n) is 5.89. The second kappa shape index (κ2) is 4.96. The number of anilines is 1. The Bertz CT molecular complexity index is 372. The normalized spacial score (nSPS) is 17.4. The molecule has 1 aromatic rings. The number of ether oxygens (including phenoxy) is 1. The lowest BCUT2D eigenvalue weighted by atomic mass is 9.98. The van der Waals surface area contributed by atoms with Crippen molar-refractivity contribution in [2.45, 2.75) is 45.1 Å². The zero-order chi connectivity index (χ0) is 11.5. The molecule has 1 aromatic carbocycles. The summed E-state index contributed by atoms with van der Waals surface area (Å²) in [6, 6.07) is 3.71. The van der Waals surface area contributed by atoms with Crippen molar-refractivity contribution in [2.75, 3.05) is 5.73 Å². The second-order valence-electron chi connectivity index (χ2n) is 4.52. The van der Waals surface area contributed by atoms with Crippen LogP contribution in [-0.4, -0.2) is 6.10 Å². The van der Waals surface area contributed by atoms with Crippen LogP contribution >= 0.6 is 11.6 Å². The minimum atomic E-state index is 0.354. The minimum Gasteiger partial charge on any atom is -0.490 e. The first-order valence-corrected chi connectivity index (χ1v) is 6.27. The van der Waals surface area contributed by atoms with E-state index in [0.717, 1.165) is 24.2 Å². The molecule has 3 heteroatoms. The summed E-state index contributed by atoms with van der Waals surface area (Å²) in [6.07, 6.45) is 6.54. The maximum atomic E-state index is 6.00. The summed E-state index contributed by atoms with van der Waals surface area (Å²) < 4.78 is 5.98. The van der Waals surface area contributed by atoms with Crippen LogP contribution in [0.2, 0.25) is 5.02 Å². The van der Waals surface area contributed by atoms with E-state index in [-0.39, 0.29) is 0 Å². The van der Waals surface area contributed by atoms with E-state index in [1.165, 1.54) is 19.3 Å². The second-order valence-corrected chi connectivity index (χ2v) is 4.92. The highest BCUT2D eigenvalue weighted by Gasteiger charge is 2.16. The number of benzene rings is 1. The van der Waals surface area contributed by atoms with Crippen molar-refractivity contribution >= 4 is 17.3 Å². The van der Waals surface area contributed by atoms with Gasteiger partial charge in [0.1, 0.15) is 5.75 Å². The van der Waals surface area contributed by atoms with Gasteiger partial charge in [0, 0.05) is 6.07 Å². The zero-order valence-corrected chi connectivity index (χ0v) is 10.4. The van der Waals surface area contributed by atoms with Gasteiger partial charge < -0.3 is 10.5 Å². The molecule has 1 aliphatic rings. The van der Waals surface area contributed by atoms with Crippen molar-refractivity contribution in [3.05, 3.63) is 22.7 Å². The predicted octanol–water partition coefficient (Wildman–Crippen LogP) is 3.94. The third-order valence-corrected chi connectivity index (χ3v) is 3.47. The van der Waals surface area contributed by atoms with Gasteiger partial charge in [-0.2, -0.15) is 0 Å². The Morgan fingerprint density at radius 2 is 1.94 bits per heavy atom. The fourth-order valence-electron chi connectivity index (χ4n) is 2.18. The Kier molecular flexibility index (Phi) is 3.59. The molecule has 16 heavy (non-hydrogen) atoms. The molecular weight excluding hydrogens is 222 g/mol. The Morgan fingerprint density at radius 1 is 1.25 bits per heavy atom. The number of nitrogen functional groups attached to an aromatic ring is 1. The maximum absolute atomic E-state index is 6.00. The van der Waals surface area contributed by atoms with Gasteiger partial charge in [0.25, 0.3) is 0 Å². The molecule has 0 atom stereocenters. The number of hydrogen-bond acceptors (Lipinski definition) is 2. The molecule has 88 valence electrons. The number of aryl methyl sites for hydroxylation is 1. The van der Waals surface area contributed by atoms with Crippen LogP contribution in [0.5, 0.6) is 5.75 Å².